The second-order valence-corrected chi connectivity index (χ2v) is 11.9. The maximum absolute atomic E-state index is 14.1. The Bertz CT molecular complexity index is 2140. The predicted octanol–water partition coefficient (Wildman–Crippen LogP) is 6.33. The van der Waals surface area contributed by atoms with Gasteiger partial charge in [-0.3, -0.25) is 9.36 Å². The Morgan fingerprint density at radius 1 is 0.872 bits per heavy atom. The lowest BCUT2D eigenvalue weighted by Gasteiger charge is -2.25. The second kappa shape index (κ2) is 14.1. The fraction of sp³-hybridized carbons (Fsp3) is 0.237. The second-order valence-electron chi connectivity index (χ2n) is 10.9. The molecule has 0 spiro atoms. The van der Waals surface area contributed by atoms with Gasteiger partial charge in [0.15, 0.2) is 16.3 Å². The lowest BCUT2D eigenvalue weighted by molar-refractivity contribution is -0.139. The van der Waals surface area contributed by atoms with Gasteiger partial charge >= 0.3 is 5.97 Å². The van der Waals surface area contributed by atoms with E-state index in [1.807, 2.05) is 80.6 Å². The molecule has 0 unspecified atom stereocenters. The largest absolute Gasteiger partial charge is 0.490 e. The standard InChI is InChI=1S/C38H36N2O6S/c1-5-43-31-20-17-27(22-32(31)44-6-2)35-34(37(42)45-7-3)24(4)39-38-40(35)36(41)33(47-38)21-25-15-18-29(19-16-25)46-23-28-13-10-12-26-11-8-9-14-30(26)28/h8-22,35H,5-7,23H2,1-4H3/b33-21-/t35-/m0/s1. The van der Waals surface area contributed by atoms with Crippen molar-refractivity contribution in [2.24, 2.45) is 4.99 Å². The Morgan fingerprint density at radius 3 is 2.38 bits per heavy atom. The van der Waals surface area contributed by atoms with E-state index < -0.39 is 12.0 Å². The molecule has 6 rings (SSSR count). The molecule has 0 radical (unpaired) electrons. The van der Waals surface area contributed by atoms with Gasteiger partial charge in [0.05, 0.1) is 41.7 Å². The fourth-order valence-electron chi connectivity index (χ4n) is 5.74. The van der Waals surface area contributed by atoms with Crippen molar-refractivity contribution >= 4 is 34.2 Å². The normalized spacial score (nSPS) is 14.5. The van der Waals surface area contributed by atoms with Crippen LogP contribution in [0.5, 0.6) is 17.2 Å². The van der Waals surface area contributed by atoms with E-state index in [1.165, 1.54) is 22.1 Å². The summed E-state index contributed by atoms with van der Waals surface area (Å²) in [6, 6.07) is 26.8. The Labute approximate surface area is 276 Å². The van der Waals surface area contributed by atoms with E-state index in [-0.39, 0.29) is 12.2 Å². The number of allylic oxidation sites excluding steroid dienone is 1. The summed E-state index contributed by atoms with van der Waals surface area (Å²) in [4.78, 5) is 32.6. The van der Waals surface area contributed by atoms with E-state index in [0.29, 0.717) is 57.5 Å². The van der Waals surface area contributed by atoms with E-state index in [9.17, 15) is 9.59 Å². The highest BCUT2D eigenvalue weighted by Crippen LogP contribution is 2.36. The minimum absolute atomic E-state index is 0.196. The Hall–Kier alpha value is -5.15. The molecule has 1 atom stereocenters. The molecule has 240 valence electrons. The average molecular weight is 649 g/mol. The number of fused-ring (bicyclic) bond motifs is 2. The molecule has 1 aliphatic rings. The van der Waals surface area contributed by atoms with E-state index in [2.05, 4.69) is 29.3 Å². The first kappa shape index (κ1) is 31.8. The number of hydrogen-bond donors (Lipinski definition) is 0. The van der Waals surface area contributed by atoms with Crippen LogP contribution in [0.25, 0.3) is 16.8 Å². The van der Waals surface area contributed by atoms with Crippen LogP contribution in [0.3, 0.4) is 0 Å². The van der Waals surface area contributed by atoms with Gasteiger partial charge in [-0.1, -0.05) is 72.0 Å². The molecule has 2 heterocycles. The van der Waals surface area contributed by atoms with Crippen LogP contribution in [0.15, 0.2) is 106 Å². The molecule has 9 heteroatoms. The fourth-order valence-corrected chi connectivity index (χ4v) is 6.78. The molecule has 0 aliphatic carbocycles. The molecular weight excluding hydrogens is 612 g/mol. The number of carbonyl (C=O) groups is 1. The molecule has 1 aromatic heterocycles. The lowest BCUT2D eigenvalue weighted by atomic mass is 9.95. The zero-order valence-corrected chi connectivity index (χ0v) is 27.6. The number of ether oxygens (including phenoxy) is 4. The predicted molar refractivity (Wildman–Crippen MR) is 184 cm³/mol. The van der Waals surface area contributed by atoms with Crippen molar-refractivity contribution in [3.8, 4) is 17.2 Å². The van der Waals surface area contributed by atoms with Gasteiger partial charge < -0.3 is 18.9 Å². The summed E-state index contributed by atoms with van der Waals surface area (Å²) in [6.45, 7) is 8.86. The van der Waals surface area contributed by atoms with Crippen molar-refractivity contribution in [3.05, 3.63) is 133 Å². The smallest absolute Gasteiger partial charge is 0.338 e. The Balaban J connectivity index is 1.34. The summed E-state index contributed by atoms with van der Waals surface area (Å²) in [6.07, 6.45) is 1.84. The van der Waals surface area contributed by atoms with Crippen molar-refractivity contribution in [1.29, 1.82) is 0 Å². The third-order valence-electron chi connectivity index (χ3n) is 7.85. The molecule has 0 amide bonds. The third kappa shape index (κ3) is 6.57. The number of esters is 1. The maximum atomic E-state index is 14.1. The van der Waals surface area contributed by atoms with Crippen LogP contribution in [-0.4, -0.2) is 30.4 Å². The number of rotatable bonds is 11. The number of thiazole rings is 1. The molecule has 0 fully saturated rings. The molecule has 1 aliphatic heterocycles. The van der Waals surface area contributed by atoms with Crippen LogP contribution < -0.4 is 29.1 Å². The first-order valence-corrected chi connectivity index (χ1v) is 16.5. The van der Waals surface area contributed by atoms with Gasteiger partial charge in [-0.25, -0.2) is 9.79 Å². The molecule has 4 aromatic carbocycles. The van der Waals surface area contributed by atoms with Crippen LogP contribution in [-0.2, 0) is 16.1 Å². The number of benzene rings is 4. The molecular formula is C38H36N2O6S. The summed E-state index contributed by atoms with van der Waals surface area (Å²) < 4.78 is 25.3. The van der Waals surface area contributed by atoms with Crippen molar-refractivity contribution in [2.75, 3.05) is 19.8 Å². The summed E-state index contributed by atoms with van der Waals surface area (Å²) in [5, 5.41) is 2.34. The van der Waals surface area contributed by atoms with Crippen LogP contribution in [0.2, 0.25) is 0 Å². The Kier molecular flexibility index (Phi) is 9.54. The van der Waals surface area contributed by atoms with Crippen molar-refractivity contribution in [1.82, 2.24) is 4.57 Å². The van der Waals surface area contributed by atoms with Gasteiger partial charge in [0.25, 0.3) is 5.56 Å². The van der Waals surface area contributed by atoms with Gasteiger partial charge in [0.1, 0.15) is 12.4 Å². The number of aromatic nitrogens is 1. The first-order valence-electron chi connectivity index (χ1n) is 15.7. The van der Waals surface area contributed by atoms with Crippen molar-refractivity contribution in [3.63, 3.8) is 0 Å². The topological polar surface area (TPSA) is 88.4 Å². The zero-order valence-electron chi connectivity index (χ0n) is 26.8. The molecule has 5 aromatic rings. The molecule has 8 nitrogen and oxygen atoms in total. The van der Waals surface area contributed by atoms with Crippen LogP contribution in [0, 0.1) is 0 Å². The molecule has 0 bridgehead atoms. The third-order valence-corrected chi connectivity index (χ3v) is 8.84. The summed E-state index contributed by atoms with van der Waals surface area (Å²) in [5.41, 5.74) is 3.20. The number of nitrogens with zero attached hydrogens (tertiary/aromatic N) is 2. The van der Waals surface area contributed by atoms with E-state index in [4.69, 9.17) is 18.9 Å². The zero-order chi connectivity index (χ0) is 32.9. The number of carbonyl (C=O) groups excluding carboxylic acids is 1. The van der Waals surface area contributed by atoms with Crippen molar-refractivity contribution in [2.45, 2.75) is 40.3 Å². The average Bonchev–Trinajstić information content (AvgIpc) is 3.38. The molecule has 0 saturated heterocycles. The van der Waals surface area contributed by atoms with Crippen LogP contribution >= 0.6 is 11.3 Å². The highest BCUT2D eigenvalue weighted by molar-refractivity contribution is 7.07. The summed E-state index contributed by atoms with van der Waals surface area (Å²) >= 11 is 1.28. The lowest BCUT2D eigenvalue weighted by Crippen LogP contribution is -2.40. The number of hydrogen-bond acceptors (Lipinski definition) is 8. The van der Waals surface area contributed by atoms with Gasteiger partial charge in [-0.2, -0.15) is 0 Å². The summed E-state index contributed by atoms with van der Waals surface area (Å²) in [5.74, 6) is 1.34. The molecule has 47 heavy (non-hydrogen) atoms. The van der Waals surface area contributed by atoms with E-state index in [1.54, 1.807) is 18.4 Å². The summed E-state index contributed by atoms with van der Waals surface area (Å²) in [7, 11) is 0. The van der Waals surface area contributed by atoms with Gasteiger partial charge in [-0.15, -0.1) is 0 Å². The van der Waals surface area contributed by atoms with Crippen LogP contribution in [0.4, 0.5) is 0 Å². The van der Waals surface area contributed by atoms with Gasteiger partial charge in [0, 0.05) is 0 Å². The minimum Gasteiger partial charge on any atom is -0.490 e. The highest BCUT2D eigenvalue weighted by atomic mass is 32.1. The van der Waals surface area contributed by atoms with Gasteiger partial charge in [0.2, 0.25) is 0 Å². The minimum atomic E-state index is -0.757. The molecule has 0 saturated carbocycles. The maximum Gasteiger partial charge on any atom is 0.338 e. The highest BCUT2D eigenvalue weighted by Gasteiger charge is 2.34. The van der Waals surface area contributed by atoms with E-state index in [0.717, 1.165) is 16.9 Å². The SMILES string of the molecule is CCOC(=O)C1=C(C)N=c2s/c(=C\c3ccc(OCc4cccc5ccccc45)cc3)c(=O)n2[C@H]1c1ccc(OCC)c(OCC)c1. The van der Waals surface area contributed by atoms with Crippen molar-refractivity contribution < 1.29 is 23.7 Å². The Morgan fingerprint density at radius 2 is 1.62 bits per heavy atom. The van der Waals surface area contributed by atoms with Crippen LogP contribution in [0.1, 0.15) is 50.4 Å². The van der Waals surface area contributed by atoms with E-state index >= 15 is 0 Å². The quantitative estimate of drug-likeness (QED) is 0.156. The first-order chi connectivity index (χ1) is 22.9. The van der Waals surface area contributed by atoms with Gasteiger partial charge in [-0.05, 0) is 85.5 Å². The molecule has 0 N–H and O–H groups in total. The monoisotopic (exact) mass is 648 g/mol.